The average molecular weight is 389 g/mol. The highest BCUT2D eigenvalue weighted by Crippen LogP contribution is 2.32. The summed E-state index contributed by atoms with van der Waals surface area (Å²) in [5.41, 5.74) is 0.578. The highest BCUT2D eigenvalue weighted by Gasteiger charge is 2.24. The minimum atomic E-state index is -4.35. The van der Waals surface area contributed by atoms with E-state index in [0.717, 1.165) is 4.90 Å². The van der Waals surface area contributed by atoms with Gasteiger partial charge in [-0.1, -0.05) is 13.8 Å². The van der Waals surface area contributed by atoms with Gasteiger partial charge in [-0.25, -0.2) is 4.79 Å². The lowest BCUT2D eigenvalue weighted by Crippen LogP contribution is -2.48. The summed E-state index contributed by atoms with van der Waals surface area (Å²) in [6, 6.07) is 5.76. The molecule has 140 valence electrons. The molecule has 0 aliphatic rings. The van der Waals surface area contributed by atoms with Gasteiger partial charge in [-0.15, -0.1) is 11.8 Å². The van der Waals surface area contributed by atoms with Crippen LogP contribution in [0.2, 0.25) is 0 Å². The summed E-state index contributed by atoms with van der Waals surface area (Å²) in [5, 5.41) is 7.34. The number of thioether (sulfide) groups is 1. The second-order valence-corrected chi connectivity index (χ2v) is 8.40. The first-order valence-electron chi connectivity index (χ1n) is 7.64. The molecule has 0 saturated carbocycles. The molecule has 5 N–H and O–H groups in total. The van der Waals surface area contributed by atoms with Crippen LogP contribution in [0.5, 0.6) is 0 Å². The summed E-state index contributed by atoms with van der Waals surface area (Å²) in [4.78, 5) is 42.9. The first kappa shape index (κ1) is 21.5. The molecule has 0 spiro atoms. The summed E-state index contributed by atoms with van der Waals surface area (Å²) in [5.74, 6) is -0.531. The second-order valence-electron chi connectivity index (χ2n) is 5.87. The highest BCUT2D eigenvalue weighted by molar-refractivity contribution is 7.98. The van der Waals surface area contributed by atoms with E-state index in [-0.39, 0.29) is 5.92 Å². The Bertz CT molecular complexity index is 633. The van der Waals surface area contributed by atoms with Crippen LogP contribution in [0.1, 0.15) is 20.3 Å². The van der Waals surface area contributed by atoms with E-state index in [2.05, 4.69) is 16.0 Å². The number of carbonyl (C=O) groups excluding carboxylic acids is 2. The maximum atomic E-state index is 12.1. The third-order valence-electron chi connectivity index (χ3n) is 3.14. The molecule has 1 rings (SSSR count). The molecule has 10 heteroatoms. The van der Waals surface area contributed by atoms with Gasteiger partial charge in [0.2, 0.25) is 5.91 Å². The van der Waals surface area contributed by atoms with Gasteiger partial charge in [0, 0.05) is 10.6 Å². The summed E-state index contributed by atoms with van der Waals surface area (Å²) in [6.45, 7) is 3.76. The number of hydrogen-bond donors (Lipinski definition) is 5. The normalized spacial score (nSPS) is 12.6. The number of amides is 3. The standard InChI is InChI=1S/C15H24N3O5PS/c1-10(2)8-13(14(19)16-9-24(21,22)23)18-15(20)17-11-4-6-12(25-3)7-5-11/h4-7,10,13H,8-9H2,1-3H3,(H,16,19)(H2,17,18,20)(H2,21,22,23)/t13-/m0/s1. The van der Waals surface area contributed by atoms with Gasteiger partial charge in [0.15, 0.2) is 0 Å². The van der Waals surface area contributed by atoms with Crippen molar-refractivity contribution in [2.45, 2.75) is 31.2 Å². The van der Waals surface area contributed by atoms with E-state index in [9.17, 15) is 14.2 Å². The topological polar surface area (TPSA) is 128 Å². The van der Waals surface area contributed by atoms with Gasteiger partial charge in [0.05, 0.1) is 0 Å². The molecule has 0 aliphatic carbocycles. The van der Waals surface area contributed by atoms with Gasteiger partial charge in [0.1, 0.15) is 12.3 Å². The minimum Gasteiger partial charge on any atom is -0.343 e. The highest BCUT2D eigenvalue weighted by atomic mass is 32.2. The molecule has 1 aromatic rings. The van der Waals surface area contributed by atoms with Crippen LogP contribution in [0.25, 0.3) is 0 Å². The molecule has 0 unspecified atom stereocenters. The van der Waals surface area contributed by atoms with E-state index < -0.39 is 31.9 Å². The zero-order valence-corrected chi connectivity index (χ0v) is 16.1. The van der Waals surface area contributed by atoms with Crippen LogP contribution in [0, 0.1) is 5.92 Å². The fourth-order valence-corrected chi connectivity index (χ4v) is 2.78. The van der Waals surface area contributed by atoms with Crippen LogP contribution in [-0.4, -0.2) is 40.3 Å². The van der Waals surface area contributed by atoms with Crippen LogP contribution >= 0.6 is 19.4 Å². The molecule has 25 heavy (non-hydrogen) atoms. The molecule has 8 nitrogen and oxygen atoms in total. The molecule has 1 atom stereocenters. The summed E-state index contributed by atoms with van der Waals surface area (Å²) in [7, 11) is -4.35. The Labute approximate surface area is 151 Å². The van der Waals surface area contributed by atoms with E-state index in [1.165, 1.54) is 0 Å². The van der Waals surface area contributed by atoms with Crippen molar-refractivity contribution in [3.8, 4) is 0 Å². The molecule has 0 heterocycles. The number of carbonyl (C=O) groups is 2. The van der Waals surface area contributed by atoms with E-state index in [1.54, 1.807) is 23.9 Å². The smallest absolute Gasteiger partial charge is 0.343 e. The van der Waals surface area contributed by atoms with Crippen molar-refractivity contribution in [2.24, 2.45) is 5.92 Å². The molecule has 0 radical (unpaired) electrons. The zero-order chi connectivity index (χ0) is 19.0. The van der Waals surface area contributed by atoms with Crippen LogP contribution < -0.4 is 16.0 Å². The van der Waals surface area contributed by atoms with Crippen molar-refractivity contribution in [2.75, 3.05) is 17.9 Å². The van der Waals surface area contributed by atoms with E-state index in [1.807, 2.05) is 32.2 Å². The molecular weight excluding hydrogens is 365 g/mol. The third kappa shape index (κ3) is 8.92. The maximum absolute atomic E-state index is 12.1. The van der Waals surface area contributed by atoms with Gasteiger partial charge < -0.3 is 25.7 Å². The summed E-state index contributed by atoms with van der Waals surface area (Å²) in [6.07, 6.45) is 1.52. The number of anilines is 1. The zero-order valence-electron chi connectivity index (χ0n) is 14.4. The third-order valence-corrected chi connectivity index (χ3v) is 4.45. The Hall–Kier alpha value is -1.54. The predicted molar refractivity (Wildman–Crippen MR) is 98.7 cm³/mol. The lowest BCUT2D eigenvalue weighted by molar-refractivity contribution is -0.123. The first-order valence-corrected chi connectivity index (χ1v) is 10.7. The van der Waals surface area contributed by atoms with E-state index in [4.69, 9.17) is 9.79 Å². The van der Waals surface area contributed by atoms with Crippen molar-refractivity contribution in [1.82, 2.24) is 10.6 Å². The lowest BCUT2D eigenvalue weighted by atomic mass is 10.0. The molecule has 0 bridgehead atoms. The quantitative estimate of drug-likeness (QED) is 0.343. The Kier molecular flexibility index (Phi) is 8.44. The Morgan fingerprint density at radius 3 is 2.28 bits per heavy atom. The fourth-order valence-electron chi connectivity index (χ4n) is 2.01. The second kappa shape index (κ2) is 9.82. The van der Waals surface area contributed by atoms with E-state index in [0.29, 0.717) is 12.1 Å². The fraction of sp³-hybridized carbons (Fsp3) is 0.467. The monoisotopic (exact) mass is 389 g/mol. The van der Waals surface area contributed by atoms with Gasteiger partial charge >= 0.3 is 13.6 Å². The average Bonchev–Trinajstić information content (AvgIpc) is 2.51. The molecule has 0 fully saturated rings. The molecule has 0 aliphatic heterocycles. The molecule has 0 saturated heterocycles. The SMILES string of the molecule is CSc1ccc(NC(=O)N[C@@H](CC(C)C)C(=O)NCP(=O)(O)O)cc1. The number of hydrogen-bond acceptors (Lipinski definition) is 4. The van der Waals surface area contributed by atoms with Crippen molar-refractivity contribution in [1.29, 1.82) is 0 Å². The first-order chi connectivity index (χ1) is 11.6. The van der Waals surface area contributed by atoms with Gasteiger partial charge in [-0.3, -0.25) is 9.36 Å². The predicted octanol–water partition coefficient (Wildman–Crippen LogP) is 2.20. The largest absolute Gasteiger partial charge is 0.344 e. The van der Waals surface area contributed by atoms with E-state index >= 15 is 0 Å². The van der Waals surface area contributed by atoms with Gasteiger partial charge in [-0.05, 0) is 42.9 Å². The molecule has 0 aromatic heterocycles. The molecule has 3 amide bonds. The summed E-state index contributed by atoms with van der Waals surface area (Å²) < 4.78 is 10.9. The van der Waals surface area contributed by atoms with Crippen LogP contribution in [0.3, 0.4) is 0 Å². The van der Waals surface area contributed by atoms with Crippen LogP contribution in [0.4, 0.5) is 10.5 Å². The maximum Gasteiger partial charge on any atom is 0.344 e. The Morgan fingerprint density at radius 1 is 1.20 bits per heavy atom. The Balaban J connectivity index is 2.67. The van der Waals surface area contributed by atoms with Crippen molar-refractivity contribution in [3.63, 3.8) is 0 Å². The molecular formula is C15H24N3O5PS. The van der Waals surface area contributed by atoms with Gasteiger partial charge in [0.25, 0.3) is 0 Å². The lowest BCUT2D eigenvalue weighted by Gasteiger charge is -2.20. The number of urea groups is 1. The van der Waals surface area contributed by atoms with Crippen LogP contribution in [0.15, 0.2) is 29.2 Å². The number of benzene rings is 1. The van der Waals surface area contributed by atoms with Crippen LogP contribution in [-0.2, 0) is 9.36 Å². The number of rotatable bonds is 8. The van der Waals surface area contributed by atoms with Crippen molar-refractivity contribution in [3.05, 3.63) is 24.3 Å². The summed E-state index contributed by atoms with van der Waals surface area (Å²) >= 11 is 1.58. The molecule has 1 aromatic carbocycles. The minimum absolute atomic E-state index is 0.104. The van der Waals surface area contributed by atoms with Gasteiger partial charge in [-0.2, -0.15) is 0 Å². The van der Waals surface area contributed by atoms with Crippen molar-refractivity contribution < 1.29 is 23.9 Å². The van der Waals surface area contributed by atoms with Crippen molar-refractivity contribution >= 4 is 37.0 Å². The number of nitrogens with one attached hydrogen (secondary N) is 3. The Morgan fingerprint density at radius 2 is 1.80 bits per heavy atom.